The van der Waals surface area contributed by atoms with Gasteiger partial charge in [-0.2, -0.15) is 0 Å². The zero-order valence-corrected chi connectivity index (χ0v) is 13.7. The minimum Gasteiger partial charge on any atom is -0.355 e. The molecular weight excluding hydrogens is 330 g/mol. The molecule has 26 heavy (non-hydrogen) atoms. The summed E-state index contributed by atoms with van der Waals surface area (Å²) in [6.45, 7) is 0. The van der Waals surface area contributed by atoms with Crippen LogP contribution in [-0.4, -0.2) is 16.8 Å². The van der Waals surface area contributed by atoms with Gasteiger partial charge in [0.2, 0.25) is 0 Å². The van der Waals surface area contributed by atoms with Crippen molar-refractivity contribution in [2.75, 3.05) is 0 Å². The van der Waals surface area contributed by atoms with Crippen LogP contribution in [0.4, 0.5) is 5.69 Å². The molecular formula is C21H15NO4. The van der Waals surface area contributed by atoms with Gasteiger partial charge in [0, 0.05) is 11.6 Å². The van der Waals surface area contributed by atoms with E-state index in [1.165, 1.54) is 6.07 Å². The molecule has 0 amide bonds. The molecule has 5 nitrogen and oxygen atoms in total. The van der Waals surface area contributed by atoms with E-state index in [-0.39, 0.29) is 11.5 Å². The van der Waals surface area contributed by atoms with Crippen molar-refractivity contribution >= 4 is 11.5 Å². The molecule has 2 atom stereocenters. The van der Waals surface area contributed by atoms with Crippen molar-refractivity contribution in [3.05, 3.63) is 100 Å². The summed E-state index contributed by atoms with van der Waals surface area (Å²) in [5.41, 5.74) is 3.06. The van der Waals surface area contributed by atoms with E-state index in [4.69, 9.17) is 4.74 Å². The molecule has 0 bridgehead atoms. The fourth-order valence-corrected chi connectivity index (χ4v) is 3.06. The Balaban J connectivity index is 1.52. The number of nitro groups is 1. The Morgan fingerprint density at radius 2 is 1.46 bits per heavy atom. The minimum absolute atomic E-state index is 0.0211. The van der Waals surface area contributed by atoms with Gasteiger partial charge in [-0.3, -0.25) is 14.9 Å². The van der Waals surface area contributed by atoms with Gasteiger partial charge in [0.25, 0.3) is 5.69 Å². The first-order valence-corrected chi connectivity index (χ1v) is 8.23. The van der Waals surface area contributed by atoms with E-state index < -0.39 is 17.1 Å². The van der Waals surface area contributed by atoms with Crippen LogP contribution < -0.4 is 0 Å². The van der Waals surface area contributed by atoms with Crippen LogP contribution in [-0.2, 0) is 4.74 Å². The maximum atomic E-state index is 12.6. The van der Waals surface area contributed by atoms with Crippen LogP contribution >= 0.6 is 0 Å². The van der Waals surface area contributed by atoms with Crippen molar-refractivity contribution in [1.29, 1.82) is 0 Å². The molecule has 3 aromatic rings. The summed E-state index contributed by atoms with van der Waals surface area (Å²) in [5.74, 6) is -0.159. The molecule has 0 N–H and O–H groups in total. The molecule has 4 rings (SSSR count). The van der Waals surface area contributed by atoms with Gasteiger partial charge >= 0.3 is 0 Å². The molecule has 0 unspecified atom stereocenters. The molecule has 0 saturated carbocycles. The summed E-state index contributed by atoms with van der Waals surface area (Å²) >= 11 is 0. The van der Waals surface area contributed by atoms with Gasteiger partial charge in [-0.25, -0.2) is 0 Å². The van der Waals surface area contributed by atoms with Crippen LogP contribution in [0.15, 0.2) is 78.9 Å². The van der Waals surface area contributed by atoms with Gasteiger partial charge in [0.1, 0.15) is 6.10 Å². The number of rotatable bonds is 5. The first-order chi connectivity index (χ1) is 12.6. The van der Waals surface area contributed by atoms with Crippen LogP contribution in [0.1, 0.15) is 22.0 Å². The smallest absolute Gasteiger partial charge is 0.275 e. The monoisotopic (exact) mass is 345 g/mol. The quantitative estimate of drug-likeness (QED) is 0.293. The lowest BCUT2D eigenvalue weighted by atomic mass is 9.99. The number of carbonyl (C=O) groups excluding carboxylic acids is 1. The lowest BCUT2D eigenvalue weighted by Gasteiger charge is -2.03. The first-order valence-electron chi connectivity index (χ1n) is 8.23. The molecule has 0 aromatic heterocycles. The second-order valence-electron chi connectivity index (χ2n) is 6.10. The normalized spacial score (nSPS) is 18.3. The summed E-state index contributed by atoms with van der Waals surface area (Å²) in [5, 5.41) is 11.1. The largest absolute Gasteiger partial charge is 0.355 e. The Labute approximate surface area is 150 Å². The van der Waals surface area contributed by atoms with Gasteiger partial charge < -0.3 is 4.74 Å². The van der Waals surface area contributed by atoms with E-state index in [9.17, 15) is 14.9 Å². The molecule has 3 aromatic carbocycles. The average Bonchev–Trinajstić information content (AvgIpc) is 3.49. The predicted octanol–water partition coefficient (Wildman–Crippen LogP) is 4.58. The summed E-state index contributed by atoms with van der Waals surface area (Å²) in [6, 6.07) is 23.6. The number of hydrogen-bond acceptors (Lipinski definition) is 4. The average molecular weight is 345 g/mol. The van der Waals surface area contributed by atoms with Crippen LogP contribution in [0.5, 0.6) is 0 Å². The lowest BCUT2D eigenvalue weighted by Crippen LogP contribution is -2.08. The number of benzene rings is 3. The second kappa shape index (κ2) is 6.54. The maximum absolute atomic E-state index is 12.6. The van der Waals surface area contributed by atoms with Crippen molar-refractivity contribution in [3.63, 3.8) is 0 Å². The number of nitrogens with zero attached hydrogens (tertiary/aromatic N) is 1. The molecule has 1 aliphatic heterocycles. The predicted molar refractivity (Wildman–Crippen MR) is 96.9 cm³/mol. The summed E-state index contributed by atoms with van der Waals surface area (Å²) in [7, 11) is 0. The fourth-order valence-electron chi connectivity index (χ4n) is 3.06. The fraction of sp³-hybridized carbons (Fsp3) is 0.0952. The number of para-hydroxylation sites is 1. The highest BCUT2D eigenvalue weighted by Gasteiger charge is 2.48. The highest BCUT2D eigenvalue weighted by Crippen LogP contribution is 2.44. The van der Waals surface area contributed by atoms with Crippen LogP contribution in [0.25, 0.3) is 11.1 Å². The van der Waals surface area contributed by atoms with Crippen molar-refractivity contribution in [2.24, 2.45) is 0 Å². The lowest BCUT2D eigenvalue weighted by molar-refractivity contribution is -0.385. The number of Topliss-reactive ketones (excluding diaryl/α,β-unsaturated/α-hetero) is 1. The maximum Gasteiger partial charge on any atom is 0.275 e. The molecule has 1 fully saturated rings. The Morgan fingerprint density at radius 1 is 0.846 bits per heavy atom. The zero-order valence-electron chi connectivity index (χ0n) is 13.7. The standard InChI is InChI=1S/C21H15NO4/c23-19(16-12-10-15(11-13-16)14-6-2-1-3-7-14)21-20(26-21)17-8-4-5-9-18(17)22(24)25/h1-13,20-21H/t20-,21-/m0/s1. The number of ketones is 1. The summed E-state index contributed by atoms with van der Waals surface area (Å²) in [6.07, 6.45) is -1.23. The third-order valence-electron chi connectivity index (χ3n) is 4.47. The second-order valence-corrected chi connectivity index (χ2v) is 6.10. The SMILES string of the molecule is O=C(c1ccc(-c2ccccc2)cc1)[C@@H]1O[C@H]1c1ccccc1[N+](=O)[O-]. The summed E-state index contributed by atoms with van der Waals surface area (Å²) in [4.78, 5) is 23.3. The van der Waals surface area contributed by atoms with Gasteiger partial charge in [0.05, 0.1) is 10.5 Å². The third-order valence-corrected chi connectivity index (χ3v) is 4.47. The Hall–Kier alpha value is -3.31. The van der Waals surface area contributed by atoms with Gasteiger partial charge in [0.15, 0.2) is 11.9 Å². The number of ether oxygens (including phenoxy) is 1. The van der Waals surface area contributed by atoms with E-state index in [2.05, 4.69) is 0 Å². The molecule has 5 heteroatoms. The van der Waals surface area contributed by atoms with Crippen LogP contribution in [0.3, 0.4) is 0 Å². The van der Waals surface area contributed by atoms with E-state index >= 15 is 0 Å². The summed E-state index contributed by atoms with van der Waals surface area (Å²) < 4.78 is 5.47. The van der Waals surface area contributed by atoms with Crippen molar-refractivity contribution < 1.29 is 14.5 Å². The number of carbonyl (C=O) groups is 1. The van der Waals surface area contributed by atoms with Gasteiger partial charge in [-0.05, 0) is 17.2 Å². The number of epoxide rings is 1. The highest BCUT2D eigenvalue weighted by atomic mass is 16.6. The molecule has 0 radical (unpaired) electrons. The van der Waals surface area contributed by atoms with Gasteiger partial charge in [-0.1, -0.05) is 66.7 Å². The number of hydrogen-bond donors (Lipinski definition) is 0. The third kappa shape index (κ3) is 3.00. The van der Waals surface area contributed by atoms with E-state index in [1.54, 1.807) is 30.3 Å². The molecule has 0 aliphatic carbocycles. The Kier molecular flexibility index (Phi) is 4.07. The van der Waals surface area contributed by atoms with Crippen molar-refractivity contribution in [2.45, 2.75) is 12.2 Å². The van der Waals surface area contributed by atoms with Gasteiger partial charge in [-0.15, -0.1) is 0 Å². The van der Waals surface area contributed by atoms with E-state index in [0.717, 1.165) is 11.1 Å². The topological polar surface area (TPSA) is 72.7 Å². The van der Waals surface area contributed by atoms with E-state index in [1.807, 2.05) is 42.5 Å². The molecule has 128 valence electrons. The Bertz CT molecular complexity index is 967. The van der Waals surface area contributed by atoms with Crippen molar-refractivity contribution in [3.8, 4) is 11.1 Å². The number of nitro benzene ring substituents is 1. The highest BCUT2D eigenvalue weighted by molar-refractivity contribution is 6.01. The molecule has 0 spiro atoms. The zero-order chi connectivity index (χ0) is 18.1. The van der Waals surface area contributed by atoms with E-state index in [0.29, 0.717) is 11.1 Å². The molecule has 1 saturated heterocycles. The minimum atomic E-state index is -0.668. The molecule has 1 aliphatic rings. The first kappa shape index (κ1) is 16.2. The van der Waals surface area contributed by atoms with Crippen LogP contribution in [0, 0.1) is 10.1 Å². The molecule has 1 heterocycles. The Morgan fingerprint density at radius 3 is 2.15 bits per heavy atom. The van der Waals surface area contributed by atoms with Crippen molar-refractivity contribution in [1.82, 2.24) is 0 Å². The van der Waals surface area contributed by atoms with Crippen LogP contribution in [0.2, 0.25) is 0 Å².